The monoisotopic (exact) mass is 237 g/mol. The lowest BCUT2D eigenvalue weighted by Gasteiger charge is -2.23. The molecule has 0 fully saturated rings. The van der Waals surface area contributed by atoms with Gasteiger partial charge in [-0.05, 0) is 5.41 Å². The fraction of sp³-hybridized carbons (Fsp3) is 0.778. The lowest BCUT2D eigenvalue weighted by Crippen LogP contribution is -2.26. The van der Waals surface area contributed by atoms with Crippen LogP contribution < -0.4 is 5.73 Å². The normalized spacial score (nSPS) is 15.2. The van der Waals surface area contributed by atoms with Crippen LogP contribution in [0.1, 0.15) is 38.5 Å². The first-order valence-electron chi connectivity index (χ1n) is 4.74. The summed E-state index contributed by atoms with van der Waals surface area (Å²) < 4.78 is 40.8. The minimum atomic E-state index is -4.34. The predicted octanol–water partition coefficient (Wildman–Crippen LogP) is 2.22. The number of halogens is 3. The Labute approximate surface area is 91.0 Å². The third kappa shape index (κ3) is 3.48. The molecule has 1 aromatic heterocycles. The first kappa shape index (κ1) is 13.0. The van der Waals surface area contributed by atoms with Crippen molar-refractivity contribution in [3.63, 3.8) is 0 Å². The zero-order chi connectivity index (χ0) is 12.6. The highest BCUT2D eigenvalue weighted by molar-refractivity contribution is 4.97. The molecule has 1 unspecified atom stereocenters. The van der Waals surface area contributed by atoms with Crippen molar-refractivity contribution in [1.29, 1.82) is 0 Å². The van der Waals surface area contributed by atoms with Crippen LogP contribution in [0.4, 0.5) is 13.2 Å². The molecule has 92 valence electrons. The molecule has 0 saturated carbocycles. The second-order valence-electron chi connectivity index (χ2n) is 4.68. The molecular formula is C9H14F3N3O. The lowest BCUT2D eigenvalue weighted by atomic mass is 9.87. The number of aromatic nitrogens is 2. The fourth-order valence-corrected chi connectivity index (χ4v) is 1.02. The molecule has 0 radical (unpaired) electrons. The Bertz CT molecular complexity index is 354. The third-order valence-electron chi connectivity index (χ3n) is 2.04. The first-order chi connectivity index (χ1) is 7.09. The highest BCUT2D eigenvalue weighted by atomic mass is 19.4. The minimum absolute atomic E-state index is 0.0340. The summed E-state index contributed by atoms with van der Waals surface area (Å²) in [5.74, 6) is -0.353. The van der Waals surface area contributed by atoms with Gasteiger partial charge < -0.3 is 10.3 Å². The molecule has 0 amide bonds. The summed E-state index contributed by atoms with van der Waals surface area (Å²) in [4.78, 5) is 3.64. The van der Waals surface area contributed by atoms with Crippen LogP contribution in [0, 0.1) is 5.41 Å². The van der Waals surface area contributed by atoms with Crippen LogP contribution in [0.25, 0.3) is 0 Å². The van der Waals surface area contributed by atoms with Gasteiger partial charge in [0.15, 0.2) is 5.82 Å². The number of hydrogen-bond acceptors (Lipinski definition) is 4. The summed E-state index contributed by atoms with van der Waals surface area (Å²) in [7, 11) is 0. The quantitative estimate of drug-likeness (QED) is 0.856. The van der Waals surface area contributed by atoms with Crippen LogP contribution in [-0.2, 0) is 6.42 Å². The second-order valence-corrected chi connectivity index (χ2v) is 4.68. The van der Waals surface area contributed by atoms with Gasteiger partial charge in [0.1, 0.15) is 6.42 Å². The van der Waals surface area contributed by atoms with E-state index >= 15 is 0 Å². The van der Waals surface area contributed by atoms with Crippen LogP contribution in [-0.4, -0.2) is 16.3 Å². The van der Waals surface area contributed by atoms with E-state index < -0.39 is 18.6 Å². The maximum absolute atomic E-state index is 12.0. The Morgan fingerprint density at radius 3 is 2.31 bits per heavy atom. The van der Waals surface area contributed by atoms with Crippen LogP contribution in [0.2, 0.25) is 0 Å². The van der Waals surface area contributed by atoms with Gasteiger partial charge in [-0.25, -0.2) is 0 Å². The van der Waals surface area contributed by atoms with E-state index in [1.54, 1.807) is 0 Å². The van der Waals surface area contributed by atoms with Crippen molar-refractivity contribution in [3.8, 4) is 0 Å². The van der Waals surface area contributed by atoms with Crippen molar-refractivity contribution in [3.05, 3.63) is 11.7 Å². The second kappa shape index (κ2) is 4.04. The molecule has 0 aliphatic heterocycles. The molecule has 2 N–H and O–H groups in total. The zero-order valence-electron chi connectivity index (χ0n) is 9.30. The summed E-state index contributed by atoms with van der Waals surface area (Å²) in [6, 6.07) is -0.581. The molecule has 1 atom stereocenters. The Morgan fingerprint density at radius 1 is 1.31 bits per heavy atom. The molecular weight excluding hydrogens is 223 g/mol. The average Bonchev–Trinajstić information content (AvgIpc) is 2.46. The minimum Gasteiger partial charge on any atom is -0.338 e. The van der Waals surface area contributed by atoms with E-state index in [9.17, 15) is 13.2 Å². The van der Waals surface area contributed by atoms with Crippen LogP contribution in [0.15, 0.2) is 4.52 Å². The summed E-state index contributed by atoms with van der Waals surface area (Å²) in [5.41, 5.74) is 5.43. The maximum Gasteiger partial charge on any atom is 0.396 e. The third-order valence-corrected chi connectivity index (χ3v) is 2.04. The number of nitrogens with two attached hydrogens (primary N) is 1. The van der Waals surface area contributed by atoms with Gasteiger partial charge in [-0.1, -0.05) is 25.9 Å². The smallest absolute Gasteiger partial charge is 0.338 e. The SMILES string of the molecule is CC(C)(C)C(N)c1nc(CC(F)(F)F)no1. The van der Waals surface area contributed by atoms with Crippen molar-refractivity contribution in [2.75, 3.05) is 0 Å². The highest BCUT2D eigenvalue weighted by Crippen LogP contribution is 2.29. The van der Waals surface area contributed by atoms with Crippen LogP contribution in [0.5, 0.6) is 0 Å². The van der Waals surface area contributed by atoms with Crippen molar-refractivity contribution in [1.82, 2.24) is 10.1 Å². The standard InChI is InChI=1S/C9H14F3N3O/c1-8(2,3)6(13)7-14-5(15-16-7)4-9(10,11)12/h6H,4,13H2,1-3H3. The van der Waals surface area contributed by atoms with Gasteiger partial charge in [-0.3, -0.25) is 0 Å². The summed E-state index contributed by atoms with van der Waals surface area (Å²) >= 11 is 0. The first-order valence-corrected chi connectivity index (χ1v) is 4.74. The average molecular weight is 237 g/mol. The molecule has 1 heterocycles. The molecule has 0 saturated heterocycles. The maximum atomic E-state index is 12.0. The Kier molecular flexibility index (Phi) is 3.27. The van der Waals surface area contributed by atoms with E-state index in [1.807, 2.05) is 20.8 Å². The van der Waals surface area contributed by atoms with Crippen molar-refractivity contribution in [2.45, 2.75) is 39.4 Å². The van der Waals surface area contributed by atoms with Gasteiger partial charge in [0.05, 0.1) is 6.04 Å². The van der Waals surface area contributed by atoms with E-state index in [2.05, 4.69) is 10.1 Å². The van der Waals surface area contributed by atoms with Gasteiger partial charge in [0.2, 0.25) is 5.89 Å². The van der Waals surface area contributed by atoms with E-state index in [1.165, 1.54) is 0 Å². The number of rotatable bonds is 2. The van der Waals surface area contributed by atoms with E-state index in [0.717, 1.165) is 0 Å². The molecule has 0 bridgehead atoms. The molecule has 0 aliphatic rings. The van der Waals surface area contributed by atoms with Gasteiger partial charge in [-0.2, -0.15) is 18.2 Å². The van der Waals surface area contributed by atoms with Gasteiger partial charge >= 0.3 is 6.18 Å². The zero-order valence-corrected chi connectivity index (χ0v) is 9.30. The molecule has 7 heteroatoms. The fourth-order valence-electron chi connectivity index (χ4n) is 1.02. The topological polar surface area (TPSA) is 64.9 Å². The number of hydrogen-bond donors (Lipinski definition) is 1. The molecule has 16 heavy (non-hydrogen) atoms. The molecule has 1 aromatic rings. The van der Waals surface area contributed by atoms with E-state index in [0.29, 0.717) is 0 Å². The van der Waals surface area contributed by atoms with Crippen molar-refractivity contribution < 1.29 is 17.7 Å². The molecule has 1 rings (SSSR count). The summed E-state index contributed by atoms with van der Waals surface area (Å²) in [6.45, 7) is 5.52. The molecule has 0 aromatic carbocycles. The van der Waals surface area contributed by atoms with Crippen LogP contribution >= 0.6 is 0 Å². The lowest BCUT2D eigenvalue weighted by molar-refractivity contribution is -0.128. The molecule has 4 nitrogen and oxygen atoms in total. The number of alkyl halides is 3. The van der Waals surface area contributed by atoms with Gasteiger partial charge in [0.25, 0.3) is 0 Å². The summed E-state index contributed by atoms with van der Waals surface area (Å²) in [5, 5.41) is 3.25. The van der Waals surface area contributed by atoms with Crippen LogP contribution in [0.3, 0.4) is 0 Å². The Balaban J connectivity index is 2.80. The molecule has 0 aliphatic carbocycles. The predicted molar refractivity (Wildman–Crippen MR) is 50.4 cm³/mol. The Morgan fingerprint density at radius 2 is 1.88 bits per heavy atom. The largest absolute Gasteiger partial charge is 0.396 e. The van der Waals surface area contributed by atoms with Crippen molar-refractivity contribution in [2.24, 2.45) is 11.1 Å². The van der Waals surface area contributed by atoms with Gasteiger partial charge in [-0.15, -0.1) is 0 Å². The molecule has 0 spiro atoms. The van der Waals surface area contributed by atoms with E-state index in [-0.39, 0.29) is 17.1 Å². The van der Waals surface area contributed by atoms with Gasteiger partial charge in [0, 0.05) is 0 Å². The highest BCUT2D eigenvalue weighted by Gasteiger charge is 2.32. The number of nitrogens with zero attached hydrogens (tertiary/aromatic N) is 2. The van der Waals surface area contributed by atoms with Crippen molar-refractivity contribution >= 4 is 0 Å². The van der Waals surface area contributed by atoms with E-state index in [4.69, 9.17) is 10.3 Å². The summed E-state index contributed by atoms with van der Waals surface area (Å²) in [6.07, 6.45) is -5.54. The Hall–Kier alpha value is -1.11.